The molecular formula is C22H21N3O3. The standard InChI is InChI=1S/C22H21N3O3/c1-28-20-9-5-4-8-18(20)19-12-21(26)25(15-23-19)14-22(27)24-11-10-16-6-2-3-7-17(16)13-24/h2-9,12,15H,10-11,13-14H2,1H3. The Morgan fingerprint density at radius 3 is 2.64 bits per heavy atom. The number of amides is 1. The van der Waals surface area contributed by atoms with E-state index in [1.807, 2.05) is 42.5 Å². The summed E-state index contributed by atoms with van der Waals surface area (Å²) in [4.78, 5) is 31.4. The molecule has 0 unspecified atom stereocenters. The first-order valence-corrected chi connectivity index (χ1v) is 9.20. The van der Waals surface area contributed by atoms with Crippen molar-refractivity contribution in [2.75, 3.05) is 13.7 Å². The molecule has 6 heteroatoms. The molecule has 1 aliphatic heterocycles. The number of benzene rings is 2. The Kier molecular flexibility index (Phi) is 4.93. The molecule has 0 saturated heterocycles. The molecule has 0 spiro atoms. The molecule has 1 aromatic heterocycles. The van der Waals surface area contributed by atoms with Crippen molar-refractivity contribution in [1.82, 2.24) is 14.5 Å². The number of rotatable bonds is 4. The molecule has 0 aliphatic carbocycles. The third kappa shape index (κ3) is 3.53. The van der Waals surface area contributed by atoms with Crippen LogP contribution in [0.4, 0.5) is 0 Å². The van der Waals surface area contributed by atoms with Gasteiger partial charge in [-0.3, -0.25) is 14.2 Å². The minimum atomic E-state index is -0.262. The van der Waals surface area contributed by atoms with Crippen LogP contribution >= 0.6 is 0 Å². The van der Waals surface area contributed by atoms with Gasteiger partial charge in [0.1, 0.15) is 12.3 Å². The Morgan fingerprint density at radius 1 is 1.11 bits per heavy atom. The van der Waals surface area contributed by atoms with Crippen molar-refractivity contribution >= 4 is 5.91 Å². The second kappa shape index (κ2) is 7.68. The molecule has 0 fully saturated rings. The zero-order valence-electron chi connectivity index (χ0n) is 15.7. The number of methoxy groups -OCH3 is 1. The van der Waals surface area contributed by atoms with E-state index in [1.54, 1.807) is 12.0 Å². The fraction of sp³-hybridized carbons (Fsp3) is 0.227. The van der Waals surface area contributed by atoms with Crippen LogP contribution in [0.1, 0.15) is 11.1 Å². The summed E-state index contributed by atoms with van der Waals surface area (Å²) in [7, 11) is 1.58. The maximum absolute atomic E-state index is 12.7. The molecule has 0 N–H and O–H groups in total. The Balaban J connectivity index is 1.51. The Bertz CT molecular complexity index is 1070. The Morgan fingerprint density at radius 2 is 1.86 bits per heavy atom. The Hall–Kier alpha value is -3.41. The molecule has 142 valence electrons. The first-order chi connectivity index (χ1) is 13.7. The van der Waals surface area contributed by atoms with Gasteiger partial charge < -0.3 is 9.64 Å². The smallest absolute Gasteiger partial charge is 0.254 e. The number of para-hydroxylation sites is 1. The van der Waals surface area contributed by atoms with Crippen LogP contribution in [-0.2, 0) is 24.3 Å². The number of carbonyl (C=O) groups excluding carboxylic acids is 1. The van der Waals surface area contributed by atoms with E-state index >= 15 is 0 Å². The summed E-state index contributed by atoms with van der Waals surface area (Å²) < 4.78 is 6.68. The molecule has 4 rings (SSSR count). The zero-order valence-corrected chi connectivity index (χ0v) is 15.7. The number of ether oxygens (including phenoxy) is 1. The van der Waals surface area contributed by atoms with E-state index in [2.05, 4.69) is 11.1 Å². The van der Waals surface area contributed by atoms with Crippen LogP contribution in [0.2, 0.25) is 0 Å². The van der Waals surface area contributed by atoms with Crippen molar-refractivity contribution < 1.29 is 9.53 Å². The molecule has 2 aromatic carbocycles. The van der Waals surface area contributed by atoms with Gasteiger partial charge in [0, 0.05) is 24.7 Å². The molecule has 0 radical (unpaired) electrons. The molecule has 1 amide bonds. The van der Waals surface area contributed by atoms with E-state index in [0.29, 0.717) is 24.5 Å². The first kappa shape index (κ1) is 18.0. The van der Waals surface area contributed by atoms with Crippen molar-refractivity contribution in [3.05, 3.63) is 82.4 Å². The number of hydrogen-bond acceptors (Lipinski definition) is 4. The summed E-state index contributed by atoms with van der Waals surface area (Å²) in [5.41, 5.74) is 3.46. The van der Waals surface area contributed by atoms with Gasteiger partial charge in [0.2, 0.25) is 5.91 Å². The highest BCUT2D eigenvalue weighted by Crippen LogP contribution is 2.26. The second-order valence-electron chi connectivity index (χ2n) is 6.77. The highest BCUT2D eigenvalue weighted by atomic mass is 16.5. The largest absolute Gasteiger partial charge is 0.496 e. The fourth-order valence-corrected chi connectivity index (χ4v) is 3.50. The first-order valence-electron chi connectivity index (χ1n) is 9.20. The van der Waals surface area contributed by atoms with Crippen molar-refractivity contribution in [1.29, 1.82) is 0 Å². The molecule has 28 heavy (non-hydrogen) atoms. The lowest BCUT2D eigenvalue weighted by atomic mass is 10.00. The monoisotopic (exact) mass is 375 g/mol. The highest BCUT2D eigenvalue weighted by molar-refractivity contribution is 5.76. The molecular weight excluding hydrogens is 354 g/mol. The fourth-order valence-electron chi connectivity index (χ4n) is 3.50. The van der Waals surface area contributed by atoms with Crippen LogP contribution in [-0.4, -0.2) is 34.0 Å². The van der Waals surface area contributed by atoms with E-state index in [1.165, 1.54) is 28.1 Å². The normalized spacial score (nSPS) is 13.1. The minimum Gasteiger partial charge on any atom is -0.496 e. The quantitative estimate of drug-likeness (QED) is 0.703. The average Bonchev–Trinajstić information content (AvgIpc) is 2.74. The number of nitrogens with zero attached hydrogens (tertiary/aromatic N) is 3. The zero-order chi connectivity index (χ0) is 19.5. The van der Waals surface area contributed by atoms with Gasteiger partial charge >= 0.3 is 0 Å². The molecule has 6 nitrogen and oxygen atoms in total. The third-order valence-corrected chi connectivity index (χ3v) is 5.05. The van der Waals surface area contributed by atoms with Gasteiger partial charge in [-0.05, 0) is 29.7 Å². The number of carbonyl (C=O) groups is 1. The van der Waals surface area contributed by atoms with Crippen LogP contribution in [0.15, 0.2) is 65.7 Å². The van der Waals surface area contributed by atoms with E-state index < -0.39 is 0 Å². The van der Waals surface area contributed by atoms with Gasteiger partial charge in [-0.1, -0.05) is 36.4 Å². The summed E-state index contributed by atoms with van der Waals surface area (Å²) in [6.45, 7) is 1.23. The molecule has 1 aliphatic rings. The predicted octanol–water partition coefficient (Wildman–Crippen LogP) is 2.50. The average molecular weight is 375 g/mol. The second-order valence-corrected chi connectivity index (χ2v) is 6.77. The van der Waals surface area contributed by atoms with E-state index in [0.717, 1.165) is 12.0 Å². The Labute approximate surface area is 163 Å². The van der Waals surface area contributed by atoms with Gasteiger partial charge in [-0.15, -0.1) is 0 Å². The number of hydrogen-bond donors (Lipinski definition) is 0. The van der Waals surface area contributed by atoms with Crippen molar-refractivity contribution in [2.24, 2.45) is 0 Å². The number of fused-ring (bicyclic) bond motifs is 1. The molecule has 0 saturated carbocycles. The van der Waals surface area contributed by atoms with Crippen LogP contribution < -0.4 is 10.3 Å². The summed E-state index contributed by atoms with van der Waals surface area (Å²) in [5.74, 6) is 0.568. The minimum absolute atomic E-state index is 0.0137. The van der Waals surface area contributed by atoms with Crippen molar-refractivity contribution in [2.45, 2.75) is 19.5 Å². The molecule has 3 aromatic rings. The topological polar surface area (TPSA) is 64.4 Å². The summed E-state index contributed by atoms with van der Waals surface area (Å²) in [6, 6.07) is 17.0. The molecule has 0 atom stereocenters. The SMILES string of the molecule is COc1ccccc1-c1cc(=O)n(CC(=O)N2CCc3ccccc3C2)cn1. The van der Waals surface area contributed by atoms with Crippen LogP contribution in [0, 0.1) is 0 Å². The molecule has 2 heterocycles. The number of aromatic nitrogens is 2. The van der Waals surface area contributed by atoms with Crippen LogP contribution in [0.3, 0.4) is 0 Å². The third-order valence-electron chi connectivity index (χ3n) is 5.05. The van der Waals surface area contributed by atoms with Crippen LogP contribution in [0.25, 0.3) is 11.3 Å². The van der Waals surface area contributed by atoms with Gasteiger partial charge in [-0.2, -0.15) is 0 Å². The van der Waals surface area contributed by atoms with Gasteiger partial charge in [0.25, 0.3) is 5.56 Å². The maximum atomic E-state index is 12.7. The van der Waals surface area contributed by atoms with E-state index in [-0.39, 0.29) is 18.0 Å². The lowest BCUT2D eigenvalue weighted by Gasteiger charge is -2.29. The van der Waals surface area contributed by atoms with E-state index in [4.69, 9.17) is 4.74 Å². The summed E-state index contributed by atoms with van der Waals surface area (Å²) in [6.07, 6.45) is 2.27. The maximum Gasteiger partial charge on any atom is 0.254 e. The predicted molar refractivity (Wildman–Crippen MR) is 106 cm³/mol. The highest BCUT2D eigenvalue weighted by Gasteiger charge is 2.21. The lowest BCUT2D eigenvalue weighted by molar-refractivity contribution is -0.132. The summed E-state index contributed by atoms with van der Waals surface area (Å²) >= 11 is 0. The summed E-state index contributed by atoms with van der Waals surface area (Å²) in [5, 5.41) is 0. The van der Waals surface area contributed by atoms with E-state index in [9.17, 15) is 9.59 Å². The van der Waals surface area contributed by atoms with Gasteiger partial charge in [0.05, 0.1) is 19.1 Å². The van der Waals surface area contributed by atoms with Gasteiger partial charge in [-0.25, -0.2) is 4.98 Å². The van der Waals surface area contributed by atoms with Crippen molar-refractivity contribution in [3.63, 3.8) is 0 Å². The molecule has 0 bridgehead atoms. The van der Waals surface area contributed by atoms with Crippen molar-refractivity contribution in [3.8, 4) is 17.0 Å². The van der Waals surface area contributed by atoms with Gasteiger partial charge in [0.15, 0.2) is 0 Å². The lowest BCUT2D eigenvalue weighted by Crippen LogP contribution is -2.39. The van der Waals surface area contributed by atoms with Crippen LogP contribution in [0.5, 0.6) is 5.75 Å².